The number of hydrogen-bond donors (Lipinski definition) is 4. The molecule has 4 N–H and O–H groups in total. The molecular formula is C42H48N8O4S2+2. The van der Waals surface area contributed by atoms with E-state index in [1.165, 1.54) is 0 Å². The van der Waals surface area contributed by atoms with Gasteiger partial charge in [0.05, 0.1) is 60.1 Å². The number of fused-ring (bicyclic) bond motifs is 2. The zero-order chi connectivity index (χ0) is 39.0. The third-order valence-corrected chi connectivity index (χ3v) is 11.5. The Morgan fingerprint density at radius 3 is 1.20 bits per heavy atom. The van der Waals surface area contributed by atoms with E-state index in [0.29, 0.717) is 26.2 Å². The molecule has 4 aromatic carbocycles. The number of para-hydroxylation sites is 2. The average Bonchev–Trinajstić information content (AvgIpc) is 3.24. The molecule has 0 fully saturated rings. The smallest absolute Gasteiger partial charge is 0.214 e. The Hall–Kier alpha value is -4.96. The van der Waals surface area contributed by atoms with E-state index in [4.69, 9.17) is 0 Å². The van der Waals surface area contributed by atoms with Crippen LogP contribution in [0.1, 0.15) is 0 Å². The van der Waals surface area contributed by atoms with Crippen LogP contribution in [0.15, 0.2) is 142 Å². The summed E-state index contributed by atoms with van der Waals surface area (Å²) in [6, 6.07) is 35.8. The summed E-state index contributed by atoms with van der Waals surface area (Å²) in [4.78, 5) is 3.86. The first-order valence-corrected chi connectivity index (χ1v) is 21.1. The van der Waals surface area contributed by atoms with Crippen LogP contribution in [0.4, 0.5) is 34.1 Å². The van der Waals surface area contributed by atoms with Crippen molar-refractivity contribution in [2.75, 3.05) is 73.9 Å². The fraction of sp³-hybridized carbons (Fsp3) is 0.286. The van der Waals surface area contributed by atoms with Gasteiger partial charge in [-0.25, -0.2) is 0 Å². The van der Waals surface area contributed by atoms with Gasteiger partial charge in [0, 0.05) is 61.8 Å². The number of rotatable bonds is 21. The summed E-state index contributed by atoms with van der Waals surface area (Å²) in [5, 5.41) is 57.6. The third kappa shape index (κ3) is 10.9. The first-order valence-electron chi connectivity index (χ1n) is 18.7. The first kappa shape index (κ1) is 40.7. The third-order valence-electron chi connectivity index (χ3n) is 9.17. The summed E-state index contributed by atoms with van der Waals surface area (Å²) >= 11 is 0. The number of hydrogen-bond acceptors (Lipinski definition) is 12. The van der Waals surface area contributed by atoms with Gasteiger partial charge in [-0.05, 0) is 60.7 Å². The molecule has 0 unspecified atom stereocenters. The highest BCUT2D eigenvalue weighted by molar-refractivity contribution is 8.76. The molecule has 56 heavy (non-hydrogen) atoms. The predicted octanol–water partition coefficient (Wildman–Crippen LogP) is 7.06. The summed E-state index contributed by atoms with van der Waals surface area (Å²) in [6.07, 6.45) is 4.16. The molecule has 0 saturated heterocycles. The lowest BCUT2D eigenvalue weighted by Gasteiger charge is -2.22. The number of azo groups is 2. The molecule has 0 atom stereocenters. The van der Waals surface area contributed by atoms with Gasteiger partial charge in [0.25, 0.3) is 0 Å². The van der Waals surface area contributed by atoms with Crippen LogP contribution < -0.4 is 18.9 Å². The van der Waals surface area contributed by atoms with Gasteiger partial charge < -0.3 is 30.2 Å². The van der Waals surface area contributed by atoms with E-state index in [-0.39, 0.29) is 26.4 Å². The van der Waals surface area contributed by atoms with Crippen molar-refractivity contribution < 1.29 is 29.6 Å². The number of aryl methyl sites for hydroxylation is 2. The van der Waals surface area contributed by atoms with Crippen molar-refractivity contribution in [2.45, 2.75) is 13.1 Å². The van der Waals surface area contributed by atoms with Crippen LogP contribution in [0, 0.1) is 0 Å². The van der Waals surface area contributed by atoms with Gasteiger partial charge in [-0.15, -0.1) is 10.2 Å². The highest BCUT2D eigenvalue weighted by Crippen LogP contribution is 2.29. The van der Waals surface area contributed by atoms with Crippen LogP contribution in [-0.4, -0.2) is 84.5 Å². The van der Waals surface area contributed by atoms with Crippen molar-refractivity contribution in [3.05, 3.63) is 122 Å². The molecule has 12 nitrogen and oxygen atoms in total. The maximum atomic E-state index is 9.35. The zero-order valence-corrected chi connectivity index (χ0v) is 32.8. The van der Waals surface area contributed by atoms with Crippen LogP contribution in [-0.2, 0) is 13.1 Å². The van der Waals surface area contributed by atoms with E-state index >= 15 is 0 Å². The Balaban J connectivity index is 1.02. The van der Waals surface area contributed by atoms with E-state index < -0.39 is 0 Å². The fourth-order valence-corrected chi connectivity index (χ4v) is 8.33. The molecule has 0 amide bonds. The number of aromatic nitrogens is 2. The summed E-state index contributed by atoms with van der Waals surface area (Å²) in [7, 11) is 3.73. The first-order chi connectivity index (χ1) is 27.6. The molecule has 290 valence electrons. The number of aliphatic hydroxyl groups excluding tert-OH is 4. The molecule has 6 aromatic rings. The second kappa shape index (κ2) is 21.4. The van der Waals surface area contributed by atoms with E-state index in [2.05, 4.69) is 66.3 Å². The normalized spacial score (nSPS) is 11.7. The number of pyridine rings is 2. The Labute approximate surface area is 334 Å². The van der Waals surface area contributed by atoms with Gasteiger partial charge in [-0.2, -0.15) is 19.4 Å². The topological polar surface area (TPSA) is 145 Å². The predicted molar refractivity (Wildman–Crippen MR) is 227 cm³/mol. The SMILES string of the molecule is OCCN(CCO)c1ccc(N=Nc2cc[n+](CCSSCC[n+]3ccc(N=Nc4ccc(N(CCO)CCO)cc4)c4ccccc43)c3ccccc23)cc1. The van der Waals surface area contributed by atoms with E-state index in [1.807, 2.05) is 116 Å². The van der Waals surface area contributed by atoms with Crippen molar-refractivity contribution in [1.82, 2.24) is 0 Å². The number of benzene rings is 4. The maximum Gasteiger partial charge on any atom is 0.214 e. The lowest BCUT2D eigenvalue weighted by atomic mass is 10.2. The second-order valence-corrected chi connectivity index (χ2v) is 15.5. The molecule has 14 heteroatoms. The van der Waals surface area contributed by atoms with E-state index in [9.17, 15) is 20.4 Å². The van der Waals surface area contributed by atoms with Crippen molar-refractivity contribution in [2.24, 2.45) is 20.5 Å². The lowest BCUT2D eigenvalue weighted by molar-refractivity contribution is -0.666. The van der Waals surface area contributed by atoms with Crippen LogP contribution in [0.2, 0.25) is 0 Å². The molecule has 2 heterocycles. The molecule has 0 spiro atoms. The standard InChI is InChI=1S/C42H48N8O4S2/c51-27-21-47(22-28-52)35-13-9-33(10-14-35)43-45-39-17-19-49(41-7-3-1-5-37(39)41)25-31-55-56-32-26-50-20-18-40(38-6-2-4-8-42(38)50)46-44-34-11-15-36(16-12-34)48(23-29-53)24-30-54/h1-20,51-54H,21-32H2/q+2. The van der Waals surface area contributed by atoms with Crippen LogP contribution in [0.5, 0.6) is 0 Å². The van der Waals surface area contributed by atoms with E-state index in [0.717, 1.165) is 80.5 Å². The Bertz CT molecular complexity index is 2040. The van der Waals surface area contributed by atoms with Crippen molar-refractivity contribution in [3.63, 3.8) is 0 Å². The highest BCUT2D eigenvalue weighted by Gasteiger charge is 2.15. The van der Waals surface area contributed by atoms with Crippen LogP contribution in [0.25, 0.3) is 21.8 Å². The fourth-order valence-electron chi connectivity index (χ4n) is 6.40. The van der Waals surface area contributed by atoms with Gasteiger partial charge in [-0.1, -0.05) is 45.9 Å². The van der Waals surface area contributed by atoms with Gasteiger partial charge in [-0.3, -0.25) is 0 Å². The summed E-state index contributed by atoms with van der Waals surface area (Å²) in [5.41, 5.74) is 7.10. The molecule has 0 saturated carbocycles. The largest absolute Gasteiger partial charge is 0.395 e. The van der Waals surface area contributed by atoms with Crippen molar-refractivity contribution in [3.8, 4) is 0 Å². The molecule has 0 radical (unpaired) electrons. The maximum absolute atomic E-state index is 9.35. The Kier molecular flexibility index (Phi) is 15.5. The molecule has 0 aliphatic rings. The van der Waals surface area contributed by atoms with Gasteiger partial charge in [0.1, 0.15) is 11.4 Å². The molecule has 0 aliphatic carbocycles. The van der Waals surface area contributed by atoms with E-state index in [1.54, 1.807) is 0 Å². The molecule has 0 bridgehead atoms. The number of aliphatic hydroxyl groups is 4. The van der Waals surface area contributed by atoms with Gasteiger partial charge in [0.2, 0.25) is 11.0 Å². The lowest BCUT2D eigenvalue weighted by Crippen LogP contribution is -2.35. The van der Waals surface area contributed by atoms with Crippen molar-refractivity contribution in [1.29, 1.82) is 0 Å². The van der Waals surface area contributed by atoms with Crippen molar-refractivity contribution >= 4 is 77.5 Å². The minimum Gasteiger partial charge on any atom is -0.395 e. The Morgan fingerprint density at radius 1 is 0.446 bits per heavy atom. The quantitative estimate of drug-likeness (QED) is 0.0263. The average molecular weight is 793 g/mol. The van der Waals surface area contributed by atoms with Crippen LogP contribution in [0.3, 0.4) is 0 Å². The van der Waals surface area contributed by atoms with Gasteiger partial charge in [0.15, 0.2) is 25.5 Å². The number of nitrogens with zero attached hydrogens (tertiary/aromatic N) is 8. The number of anilines is 2. The molecule has 2 aromatic heterocycles. The minimum atomic E-state index is 0.0166. The zero-order valence-electron chi connectivity index (χ0n) is 31.2. The monoisotopic (exact) mass is 792 g/mol. The molecular weight excluding hydrogens is 745 g/mol. The summed E-state index contributed by atoms with van der Waals surface area (Å²) in [5.74, 6) is 1.89. The molecule has 6 rings (SSSR count). The second-order valence-electron chi connectivity index (χ2n) is 12.8. The van der Waals surface area contributed by atoms with Gasteiger partial charge >= 0.3 is 0 Å². The summed E-state index contributed by atoms with van der Waals surface area (Å²) < 4.78 is 4.53. The highest BCUT2D eigenvalue weighted by atomic mass is 33.1. The minimum absolute atomic E-state index is 0.0166. The Morgan fingerprint density at radius 2 is 0.821 bits per heavy atom. The summed E-state index contributed by atoms with van der Waals surface area (Å²) in [6.45, 7) is 3.60. The molecule has 0 aliphatic heterocycles. The van der Waals surface area contributed by atoms with Crippen LogP contribution >= 0.6 is 21.6 Å².